The molecular weight excluding hydrogens is 302 g/mol. The molecule has 0 aromatic heterocycles. The summed E-state index contributed by atoms with van der Waals surface area (Å²) < 4.78 is 0. The first-order valence-electron chi connectivity index (χ1n) is 9.79. The fourth-order valence-corrected chi connectivity index (χ4v) is 6.35. The van der Waals surface area contributed by atoms with Crippen molar-refractivity contribution >= 4 is 11.8 Å². The second-order valence-corrected chi connectivity index (χ2v) is 9.07. The standard InChI is InChI=1S/C19H31N3O2/c1-13-12-22(3-2-20-13)18(24)11-21-17(23)10-19-7-14-4-15(8-19)6-16(5-14)9-19/h13-16,20H,2-12H2,1H3,(H,21,23). The van der Waals surface area contributed by atoms with Crippen LogP contribution in [-0.2, 0) is 9.59 Å². The first-order valence-corrected chi connectivity index (χ1v) is 9.79. The average molecular weight is 333 g/mol. The highest BCUT2D eigenvalue weighted by molar-refractivity contribution is 5.85. The van der Waals surface area contributed by atoms with Gasteiger partial charge < -0.3 is 15.5 Å². The van der Waals surface area contributed by atoms with Crippen LogP contribution in [0, 0.1) is 23.2 Å². The van der Waals surface area contributed by atoms with E-state index in [4.69, 9.17) is 0 Å². The molecule has 5 nitrogen and oxygen atoms in total. The molecule has 2 amide bonds. The molecule has 2 N–H and O–H groups in total. The molecule has 5 heteroatoms. The summed E-state index contributed by atoms with van der Waals surface area (Å²) in [5.74, 6) is 2.75. The molecule has 4 aliphatic carbocycles. The van der Waals surface area contributed by atoms with Gasteiger partial charge in [-0.05, 0) is 68.6 Å². The molecule has 0 spiro atoms. The van der Waals surface area contributed by atoms with Crippen LogP contribution in [0.5, 0.6) is 0 Å². The van der Waals surface area contributed by atoms with E-state index in [1.54, 1.807) is 0 Å². The highest BCUT2D eigenvalue weighted by Gasteiger charge is 2.51. The van der Waals surface area contributed by atoms with Crippen LogP contribution in [0.15, 0.2) is 0 Å². The van der Waals surface area contributed by atoms with Gasteiger partial charge in [-0.3, -0.25) is 9.59 Å². The summed E-state index contributed by atoms with van der Waals surface area (Å²) in [5, 5.41) is 6.25. The van der Waals surface area contributed by atoms with Crippen molar-refractivity contribution in [2.45, 2.75) is 57.9 Å². The van der Waals surface area contributed by atoms with Gasteiger partial charge >= 0.3 is 0 Å². The van der Waals surface area contributed by atoms with Crippen LogP contribution in [-0.4, -0.2) is 48.9 Å². The van der Waals surface area contributed by atoms with Crippen molar-refractivity contribution in [2.75, 3.05) is 26.2 Å². The Hall–Kier alpha value is -1.10. The van der Waals surface area contributed by atoms with E-state index in [1.807, 2.05) is 4.90 Å². The Balaban J connectivity index is 1.27. The predicted molar refractivity (Wildman–Crippen MR) is 92.3 cm³/mol. The van der Waals surface area contributed by atoms with Gasteiger partial charge in [0.05, 0.1) is 6.54 Å². The zero-order valence-electron chi connectivity index (χ0n) is 14.9. The number of nitrogens with one attached hydrogen (secondary N) is 2. The van der Waals surface area contributed by atoms with Crippen molar-refractivity contribution in [1.29, 1.82) is 0 Å². The largest absolute Gasteiger partial charge is 0.347 e. The summed E-state index contributed by atoms with van der Waals surface area (Å²) in [4.78, 5) is 26.6. The van der Waals surface area contributed by atoms with Gasteiger partial charge in [0.2, 0.25) is 11.8 Å². The molecule has 0 aromatic rings. The monoisotopic (exact) mass is 333 g/mol. The summed E-state index contributed by atoms with van der Waals surface area (Å²) in [6.45, 7) is 4.58. The third kappa shape index (κ3) is 3.32. The molecule has 0 aromatic carbocycles. The van der Waals surface area contributed by atoms with Gasteiger partial charge in [0, 0.05) is 32.1 Å². The Morgan fingerprint density at radius 3 is 2.33 bits per heavy atom. The molecule has 4 bridgehead atoms. The van der Waals surface area contributed by atoms with Gasteiger partial charge in [-0.25, -0.2) is 0 Å². The minimum absolute atomic E-state index is 0.0576. The lowest BCUT2D eigenvalue weighted by Crippen LogP contribution is -2.53. The van der Waals surface area contributed by atoms with E-state index < -0.39 is 0 Å². The lowest BCUT2D eigenvalue weighted by molar-refractivity contribution is -0.136. The number of amides is 2. The molecular formula is C19H31N3O2. The fraction of sp³-hybridized carbons (Fsp3) is 0.895. The summed E-state index contributed by atoms with van der Waals surface area (Å²) in [7, 11) is 0. The molecule has 5 aliphatic rings. The minimum Gasteiger partial charge on any atom is -0.347 e. The van der Waals surface area contributed by atoms with Crippen molar-refractivity contribution in [2.24, 2.45) is 23.2 Å². The third-order valence-electron chi connectivity index (χ3n) is 6.86. The second kappa shape index (κ2) is 6.32. The van der Waals surface area contributed by atoms with E-state index in [1.165, 1.54) is 38.5 Å². The molecule has 0 radical (unpaired) electrons. The highest BCUT2D eigenvalue weighted by atomic mass is 16.2. The maximum Gasteiger partial charge on any atom is 0.242 e. The summed E-state index contributed by atoms with van der Waals surface area (Å²) >= 11 is 0. The van der Waals surface area contributed by atoms with Crippen molar-refractivity contribution < 1.29 is 9.59 Å². The molecule has 134 valence electrons. The van der Waals surface area contributed by atoms with Crippen molar-refractivity contribution in [3.8, 4) is 0 Å². The van der Waals surface area contributed by atoms with E-state index in [-0.39, 0.29) is 23.8 Å². The molecule has 1 unspecified atom stereocenters. The van der Waals surface area contributed by atoms with E-state index in [0.717, 1.165) is 37.4 Å². The highest BCUT2D eigenvalue weighted by Crippen LogP contribution is 2.61. The smallest absolute Gasteiger partial charge is 0.242 e. The van der Waals surface area contributed by atoms with Gasteiger partial charge in [0.25, 0.3) is 0 Å². The number of carbonyl (C=O) groups excluding carboxylic acids is 2. The van der Waals surface area contributed by atoms with Gasteiger partial charge in [-0.15, -0.1) is 0 Å². The number of nitrogens with zero attached hydrogens (tertiary/aromatic N) is 1. The van der Waals surface area contributed by atoms with Gasteiger partial charge in [-0.1, -0.05) is 0 Å². The van der Waals surface area contributed by atoms with Gasteiger partial charge in [0.15, 0.2) is 0 Å². The molecule has 5 rings (SSSR count). The first kappa shape index (κ1) is 16.4. The van der Waals surface area contributed by atoms with E-state index >= 15 is 0 Å². The quantitative estimate of drug-likeness (QED) is 0.820. The third-order valence-corrected chi connectivity index (χ3v) is 6.86. The van der Waals surface area contributed by atoms with Crippen molar-refractivity contribution in [3.05, 3.63) is 0 Å². The number of carbonyl (C=O) groups is 2. The minimum atomic E-state index is 0.0576. The molecule has 5 fully saturated rings. The summed E-state index contributed by atoms with van der Waals surface area (Å²) in [6, 6.07) is 0.338. The summed E-state index contributed by atoms with van der Waals surface area (Å²) in [6.07, 6.45) is 8.59. The number of hydrogen-bond donors (Lipinski definition) is 2. The van der Waals surface area contributed by atoms with Gasteiger partial charge in [-0.2, -0.15) is 0 Å². The van der Waals surface area contributed by atoms with Gasteiger partial charge in [0.1, 0.15) is 0 Å². The van der Waals surface area contributed by atoms with Crippen molar-refractivity contribution in [3.63, 3.8) is 0 Å². The Morgan fingerprint density at radius 1 is 1.12 bits per heavy atom. The molecule has 24 heavy (non-hydrogen) atoms. The molecule has 1 aliphatic heterocycles. The van der Waals surface area contributed by atoms with Crippen LogP contribution in [0.4, 0.5) is 0 Å². The lowest BCUT2D eigenvalue weighted by atomic mass is 9.49. The molecule has 1 atom stereocenters. The Bertz CT molecular complexity index is 483. The maximum absolute atomic E-state index is 12.5. The SMILES string of the molecule is CC1CN(C(=O)CNC(=O)CC23CC4CC(CC(C4)C2)C3)CCN1. The Morgan fingerprint density at radius 2 is 1.75 bits per heavy atom. The Labute approximate surface area is 144 Å². The molecule has 4 saturated carbocycles. The average Bonchev–Trinajstić information content (AvgIpc) is 2.50. The van der Waals surface area contributed by atoms with E-state index in [2.05, 4.69) is 17.6 Å². The topological polar surface area (TPSA) is 61.4 Å². The second-order valence-electron chi connectivity index (χ2n) is 9.07. The van der Waals surface area contributed by atoms with E-state index in [0.29, 0.717) is 12.5 Å². The lowest BCUT2D eigenvalue weighted by Gasteiger charge is -2.56. The molecule has 1 saturated heterocycles. The molecule has 1 heterocycles. The fourth-order valence-electron chi connectivity index (χ4n) is 6.35. The van der Waals surface area contributed by atoms with Crippen LogP contribution < -0.4 is 10.6 Å². The maximum atomic E-state index is 12.5. The zero-order chi connectivity index (χ0) is 16.7. The van der Waals surface area contributed by atoms with Crippen LogP contribution in [0.2, 0.25) is 0 Å². The van der Waals surface area contributed by atoms with Crippen LogP contribution in [0.3, 0.4) is 0 Å². The number of rotatable bonds is 4. The predicted octanol–water partition coefficient (Wildman–Crippen LogP) is 1.53. The van der Waals surface area contributed by atoms with Crippen LogP contribution in [0.1, 0.15) is 51.9 Å². The van der Waals surface area contributed by atoms with Crippen LogP contribution >= 0.6 is 0 Å². The number of hydrogen-bond acceptors (Lipinski definition) is 3. The zero-order valence-corrected chi connectivity index (χ0v) is 14.9. The Kier molecular flexibility index (Phi) is 4.31. The van der Waals surface area contributed by atoms with Crippen LogP contribution in [0.25, 0.3) is 0 Å². The van der Waals surface area contributed by atoms with E-state index in [9.17, 15) is 9.59 Å². The number of piperazine rings is 1. The van der Waals surface area contributed by atoms with Crippen molar-refractivity contribution in [1.82, 2.24) is 15.5 Å². The normalized spacial score (nSPS) is 40.6. The summed E-state index contributed by atoms with van der Waals surface area (Å²) in [5.41, 5.74) is 0.255. The first-order chi connectivity index (χ1) is 11.5.